The van der Waals surface area contributed by atoms with Crippen molar-refractivity contribution >= 4 is 5.91 Å². The minimum absolute atomic E-state index is 0.193. The molecular formula is C14H29N3O. The number of unbranched alkanes of at least 4 members (excludes halogenated alkanes) is 1. The Labute approximate surface area is 111 Å². The van der Waals surface area contributed by atoms with E-state index in [9.17, 15) is 4.79 Å². The van der Waals surface area contributed by atoms with Crippen LogP contribution in [0.5, 0.6) is 0 Å². The van der Waals surface area contributed by atoms with E-state index in [0.717, 1.165) is 32.4 Å². The number of primary amides is 1. The maximum Gasteiger partial charge on any atom is 0.237 e. The molecule has 3 N–H and O–H groups in total. The van der Waals surface area contributed by atoms with Crippen molar-refractivity contribution in [1.82, 2.24) is 10.2 Å². The van der Waals surface area contributed by atoms with Crippen LogP contribution in [-0.2, 0) is 4.79 Å². The molecule has 1 rings (SSSR count). The van der Waals surface area contributed by atoms with E-state index in [4.69, 9.17) is 5.73 Å². The molecule has 0 aromatic carbocycles. The average Bonchev–Trinajstić information content (AvgIpc) is 2.39. The second-order valence-electron chi connectivity index (χ2n) is 5.43. The molecule has 0 saturated heterocycles. The molecule has 4 heteroatoms. The highest BCUT2D eigenvalue weighted by molar-refractivity contribution is 5.84. The second-order valence-corrected chi connectivity index (χ2v) is 5.43. The molecule has 1 saturated carbocycles. The lowest BCUT2D eigenvalue weighted by atomic mass is 9.78. The van der Waals surface area contributed by atoms with Gasteiger partial charge in [-0.1, -0.05) is 20.3 Å². The topological polar surface area (TPSA) is 58.4 Å². The van der Waals surface area contributed by atoms with Crippen molar-refractivity contribution in [3.63, 3.8) is 0 Å². The van der Waals surface area contributed by atoms with Gasteiger partial charge in [-0.15, -0.1) is 0 Å². The summed E-state index contributed by atoms with van der Waals surface area (Å²) in [5.41, 5.74) is 5.11. The molecule has 0 aliphatic heterocycles. The number of likely N-dealkylation sites (N-methyl/N-ethyl adjacent to an activating group) is 1. The predicted octanol–water partition coefficient (Wildman–Crippen LogP) is 1.49. The van der Waals surface area contributed by atoms with Crippen molar-refractivity contribution < 1.29 is 4.79 Å². The average molecular weight is 255 g/mol. The molecule has 0 radical (unpaired) electrons. The SMILES string of the molecule is CCCCN(CC)C1CCCC(NC)(C(N)=O)C1. The van der Waals surface area contributed by atoms with E-state index < -0.39 is 5.54 Å². The fourth-order valence-corrected chi connectivity index (χ4v) is 3.09. The molecule has 0 aromatic rings. The van der Waals surface area contributed by atoms with Crippen molar-refractivity contribution in [2.75, 3.05) is 20.1 Å². The number of rotatable bonds is 7. The molecular weight excluding hydrogens is 226 g/mol. The van der Waals surface area contributed by atoms with E-state index in [1.807, 2.05) is 7.05 Å². The van der Waals surface area contributed by atoms with E-state index in [1.54, 1.807) is 0 Å². The first-order valence-corrected chi connectivity index (χ1v) is 7.32. The van der Waals surface area contributed by atoms with E-state index in [2.05, 4.69) is 24.1 Å². The predicted molar refractivity (Wildman–Crippen MR) is 75.4 cm³/mol. The van der Waals surface area contributed by atoms with Gasteiger partial charge in [0.2, 0.25) is 5.91 Å². The third-order valence-corrected chi connectivity index (χ3v) is 4.40. The number of carbonyl (C=O) groups is 1. The van der Waals surface area contributed by atoms with Crippen molar-refractivity contribution in [2.45, 2.75) is 64.0 Å². The van der Waals surface area contributed by atoms with Gasteiger partial charge in [-0.2, -0.15) is 0 Å². The Morgan fingerprint density at radius 3 is 2.72 bits per heavy atom. The van der Waals surface area contributed by atoms with Crippen LogP contribution in [0.4, 0.5) is 0 Å². The van der Waals surface area contributed by atoms with Crippen molar-refractivity contribution in [3.05, 3.63) is 0 Å². The third kappa shape index (κ3) is 3.45. The zero-order chi connectivity index (χ0) is 13.6. The Hall–Kier alpha value is -0.610. The van der Waals surface area contributed by atoms with E-state index in [1.165, 1.54) is 19.3 Å². The number of nitrogens with two attached hydrogens (primary N) is 1. The number of carbonyl (C=O) groups excluding carboxylic acids is 1. The Morgan fingerprint density at radius 2 is 2.22 bits per heavy atom. The smallest absolute Gasteiger partial charge is 0.237 e. The van der Waals surface area contributed by atoms with Gasteiger partial charge in [0.25, 0.3) is 0 Å². The third-order valence-electron chi connectivity index (χ3n) is 4.40. The summed E-state index contributed by atoms with van der Waals surface area (Å²) >= 11 is 0. The first-order valence-electron chi connectivity index (χ1n) is 7.32. The van der Waals surface area contributed by atoms with Gasteiger partial charge in [0.05, 0.1) is 5.54 Å². The summed E-state index contributed by atoms with van der Waals surface area (Å²) in [4.78, 5) is 14.2. The highest BCUT2D eigenvalue weighted by atomic mass is 16.1. The van der Waals surface area contributed by atoms with Crippen LogP contribution in [0, 0.1) is 0 Å². The van der Waals surface area contributed by atoms with Crippen molar-refractivity contribution in [3.8, 4) is 0 Å². The van der Waals surface area contributed by atoms with Gasteiger partial charge >= 0.3 is 0 Å². The van der Waals surface area contributed by atoms with E-state index >= 15 is 0 Å². The lowest BCUT2D eigenvalue weighted by Crippen LogP contribution is -2.59. The van der Waals surface area contributed by atoms with Gasteiger partial charge in [-0.25, -0.2) is 0 Å². The summed E-state index contributed by atoms with van der Waals surface area (Å²) in [6, 6.07) is 0.496. The minimum Gasteiger partial charge on any atom is -0.368 e. The van der Waals surface area contributed by atoms with Gasteiger partial charge in [0.1, 0.15) is 0 Å². The first-order chi connectivity index (χ1) is 8.59. The van der Waals surface area contributed by atoms with Gasteiger partial charge < -0.3 is 16.0 Å². The fourth-order valence-electron chi connectivity index (χ4n) is 3.09. The van der Waals surface area contributed by atoms with Crippen LogP contribution in [0.3, 0.4) is 0 Å². The van der Waals surface area contributed by atoms with E-state index in [-0.39, 0.29) is 5.91 Å². The number of nitrogens with one attached hydrogen (secondary N) is 1. The van der Waals surface area contributed by atoms with Gasteiger partial charge in [0.15, 0.2) is 0 Å². The lowest BCUT2D eigenvalue weighted by Gasteiger charge is -2.42. The molecule has 4 nitrogen and oxygen atoms in total. The van der Waals surface area contributed by atoms with Crippen molar-refractivity contribution in [1.29, 1.82) is 0 Å². The Balaban J connectivity index is 2.68. The summed E-state index contributed by atoms with van der Waals surface area (Å²) in [7, 11) is 1.86. The zero-order valence-corrected chi connectivity index (χ0v) is 12.2. The summed E-state index contributed by atoms with van der Waals surface area (Å²) in [5, 5.41) is 3.18. The maximum atomic E-state index is 11.7. The maximum absolute atomic E-state index is 11.7. The number of hydrogen-bond acceptors (Lipinski definition) is 3. The highest BCUT2D eigenvalue weighted by Crippen LogP contribution is 2.31. The second kappa shape index (κ2) is 7.10. The van der Waals surface area contributed by atoms with E-state index in [0.29, 0.717) is 6.04 Å². The molecule has 106 valence electrons. The number of hydrogen-bond donors (Lipinski definition) is 2. The summed E-state index contributed by atoms with van der Waals surface area (Å²) in [6.07, 6.45) is 6.45. The largest absolute Gasteiger partial charge is 0.368 e. The molecule has 1 aliphatic carbocycles. The molecule has 1 aliphatic rings. The van der Waals surface area contributed by atoms with Gasteiger partial charge in [-0.3, -0.25) is 4.79 Å². The Bertz CT molecular complexity index is 270. The zero-order valence-electron chi connectivity index (χ0n) is 12.2. The molecule has 0 spiro atoms. The van der Waals surface area contributed by atoms with Crippen LogP contribution in [0.15, 0.2) is 0 Å². The lowest BCUT2D eigenvalue weighted by molar-refractivity contribution is -0.126. The number of amides is 1. The van der Waals surface area contributed by atoms with Crippen LogP contribution in [0.2, 0.25) is 0 Å². The van der Waals surface area contributed by atoms with Crippen LogP contribution >= 0.6 is 0 Å². The molecule has 2 unspecified atom stereocenters. The fraction of sp³-hybridized carbons (Fsp3) is 0.929. The monoisotopic (exact) mass is 255 g/mol. The molecule has 0 heterocycles. The quantitative estimate of drug-likeness (QED) is 0.725. The van der Waals surface area contributed by atoms with Crippen LogP contribution in [0.1, 0.15) is 52.4 Å². The van der Waals surface area contributed by atoms with Crippen LogP contribution < -0.4 is 11.1 Å². The molecule has 0 bridgehead atoms. The normalized spacial score (nSPS) is 28.6. The Morgan fingerprint density at radius 1 is 1.50 bits per heavy atom. The summed E-state index contributed by atoms with van der Waals surface area (Å²) < 4.78 is 0. The van der Waals surface area contributed by atoms with Crippen LogP contribution in [-0.4, -0.2) is 42.5 Å². The van der Waals surface area contributed by atoms with Gasteiger partial charge in [-0.05, 0) is 52.2 Å². The summed E-state index contributed by atoms with van der Waals surface area (Å²) in [6.45, 7) is 6.62. The van der Waals surface area contributed by atoms with Gasteiger partial charge in [0, 0.05) is 6.04 Å². The number of nitrogens with zero attached hydrogens (tertiary/aromatic N) is 1. The first kappa shape index (κ1) is 15.4. The standard InChI is InChI=1S/C14H29N3O/c1-4-6-10-17(5-2)12-8-7-9-14(11-12,16-3)13(15)18/h12,16H,4-11H2,1-3H3,(H2,15,18). The molecule has 0 aromatic heterocycles. The molecule has 18 heavy (non-hydrogen) atoms. The minimum atomic E-state index is -0.484. The van der Waals surface area contributed by atoms with Crippen LogP contribution in [0.25, 0.3) is 0 Å². The Kier molecular flexibility index (Phi) is 6.09. The summed E-state index contributed by atoms with van der Waals surface area (Å²) in [5.74, 6) is -0.193. The highest BCUT2D eigenvalue weighted by Gasteiger charge is 2.41. The molecule has 2 atom stereocenters. The van der Waals surface area contributed by atoms with Crippen molar-refractivity contribution in [2.24, 2.45) is 5.73 Å². The molecule has 1 fully saturated rings. The molecule has 1 amide bonds.